The van der Waals surface area contributed by atoms with E-state index in [0.717, 1.165) is 32.9 Å². The molecule has 0 radical (unpaired) electrons. The van der Waals surface area contributed by atoms with E-state index >= 15 is 0 Å². The summed E-state index contributed by atoms with van der Waals surface area (Å²) in [4.78, 5) is 17.6. The average Bonchev–Trinajstić information content (AvgIpc) is 3.16. The lowest BCUT2D eigenvalue weighted by molar-refractivity contribution is 0.793. The van der Waals surface area contributed by atoms with E-state index in [2.05, 4.69) is 34.2 Å². The van der Waals surface area contributed by atoms with Gasteiger partial charge in [-0.25, -0.2) is 4.98 Å². The van der Waals surface area contributed by atoms with Crippen molar-refractivity contribution in [1.82, 2.24) is 24.1 Å². The van der Waals surface area contributed by atoms with Gasteiger partial charge in [-0.2, -0.15) is 0 Å². The van der Waals surface area contributed by atoms with Crippen molar-refractivity contribution in [3.05, 3.63) is 63.0 Å². The van der Waals surface area contributed by atoms with Crippen LogP contribution in [0.25, 0.3) is 16.3 Å². The van der Waals surface area contributed by atoms with Gasteiger partial charge in [-0.15, -0.1) is 21.5 Å². The number of benzene rings is 1. The molecule has 0 atom stereocenters. The molecule has 8 heteroatoms. The third-order valence-electron chi connectivity index (χ3n) is 4.09. The first kappa shape index (κ1) is 17.0. The monoisotopic (exact) mass is 383 g/mol. The molecular formula is C18H17N5OS2. The Balaban J connectivity index is 1.58. The van der Waals surface area contributed by atoms with Crippen LogP contribution in [0.4, 0.5) is 0 Å². The molecule has 6 nitrogen and oxygen atoms in total. The second-order valence-corrected chi connectivity index (χ2v) is 7.88. The first-order valence-corrected chi connectivity index (χ1v) is 9.95. The van der Waals surface area contributed by atoms with Crippen molar-refractivity contribution in [3.63, 3.8) is 0 Å². The van der Waals surface area contributed by atoms with Crippen LogP contribution in [0.3, 0.4) is 0 Å². The number of thioether (sulfide) groups is 1. The topological polar surface area (TPSA) is 65.1 Å². The molecule has 3 aromatic heterocycles. The van der Waals surface area contributed by atoms with Gasteiger partial charge in [0.25, 0.3) is 5.56 Å². The van der Waals surface area contributed by atoms with Crippen LogP contribution >= 0.6 is 23.1 Å². The average molecular weight is 384 g/mol. The molecule has 0 unspecified atom stereocenters. The van der Waals surface area contributed by atoms with E-state index in [-0.39, 0.29) is 5.56 Å². The van der Waals surface area contributed by atoms with Crippen molar-refractivity contribution >= 4 is 28.1 Å². The SMILES string of the molecule is Cc1cccc(-c2nnc(SCc3cc(=O)n4c(C)csc4n3)n2C)c1. The molecule has 0 fully saturated rings. The van der Waals surface area contributed by atoms with E-state index < -0.39 is 0 Å². The number of nitrogens with zero attached hydrogens (tertiary/aromatic N) is 5. The Labute approximate surface area is 158 Å². The molecule has 0 bridgehead atoms. The summed E-state index contributed by atoms with van der Waals surface area (Å²) in [5.74, 6) is 1.40. The second kappa shape index (κ2) is 6.69. The van der Waals surface area contributed by atoms with E-state index in [1.54, 1.807) is 10.5 Å². The minimum atomic E-state index is -0.0391. The largest absolute Gasteiger partial charge is 0.305 e. The maximum atomic E-state index is 12.3. The minimum absolute atomic E-state index is 0.0391. The molecule has 4 aromatic rings. The van der Waals surface area contributed by atoms with E-state index in [1.165, 1.54) is 28.7 Å². The van der Waals surface area contributed by atoms with E-state index in [0.29, 0.717) is 5.75 Å². The van der Waals surface area contributed by atoms with Crippen LogP contribution in [0, 0.1) is 13.8 Å². The smallest absolute Gasteiger partial charge is 0.258 e. The molecule has 0 saturated carbocycles. The molecule has 0 N–H and O–H groups in total. The van der Waals surface area contributed by atoms with Crippen LogP contribution in [-0.2, 0) is 12.8 Å². The summed E-state index contributed by atoms with van der Waals surface area (Å²) in [5, 5.41) is 11.4. The van der Waals surface area contributed by atoms with Gasteiger partial charge in [-0.3, -0.25) is 9.20 Å². The fourth-order valence-electron chi connectivity index (χ4n) is 2.79. The Hall–Kier alpha value is -2.45. The lowest BCUT2D eigenvalue weighted by Crippen LogP contribution is -2.14. The van der Waals surface area contributed by atoms with Crippen LogP contribution < -0.4 is 5.56 Å². The van der Waals surface area contributed by atoms with Crippen molar-refractivity contribution in [2.24, 2.45) is 7.05 Å². The van der Waals surface area contributed by atoms with Gasteiger partial charge < -0.3 is 4.57 Å². The predicted molar refractivity (Wildman–Crippen MR) is 105 cm³/mol. The zero-order valence-corrected chi connectivity index (χ0v) is 16.3. The van der Waals surface area contributed by atoms with E-state index in [1.807, 2.05) is 36.1 Å². The molecule has 0 aliphatic heterocycles. The minimum Gasteiger partial charge on any atom is -0.305 e. The number of aryl methyl sites for hydroxylation is 2. The summed E-state index contributed by atoms with van der Waals surface area (Å²) in [7, 11) is 1.95. The summed E-state index contributed by atoms with van der Waals surface area (Å²) in [6.45, 7) is 3.97. The molecule has 3 heterocycles. The van der Waals surface area contributed by atoms with Gasteiger partial charge in [0.2, 0.25) is 0 Å². The van der Waals surface area contributed by atoms with Gasteiger partial charge in [0.05, 0.1) is 5.69 Å². The number of rotatable bonds is 4. The summed E-state index contributed by atoms with van der Waals surface area (Å²) < 4.78 is 3.61. The summed E-state index contributed by atoms with van der Waals surface area (Å²) in [6.07, 6.45) is 0. The lowest BCUT2D eigenvalue weighted by atomic mass is 10.1. The van der Waals surface area contributed by atoms with E-state index in [4.69, 9.17) is 0 Å². The number of hydrogen-bond donors (Lipinski definition) is 0. The molecule has 4 rings (SSSR count). The Morgan fingerprint density at radius 2 is 2.04 bits per heavy atom. The van der Waals surface area contributed by atoms with Crippen LogP contribution in [0.1, 0.15) is 17.0 Å². The van der Waals surface area contributed by atoms with Crippen LogP contribution in [0.2, 0.25) is 0 Å². The Morgan fingerprint density at radius 3 is 2.85 bits per heavy atom. The van der Waals surface area contributed by atoms with E-state index in [9.17, 15) is 4.79 Å². The molecule has 26 heavy (non-hydrogen) atoms. The maximum Gasteiger partial charge on any atom is 0.258 e. The van der Waals surface area contributed by atoms with Crippen LogP contribution in [-0.4, -0.2) is 24.1 Å². The Kier molecular flexibility index (Phi) is 4.37. The van der Waals surface area contributed by atoms with Gasteiger partial charge >= 0.3 is 0 Å². The molecule has 0 aliphatic carbocycles. The summed E-state index contributed by atoms with van der Waals surface area (Å²) in [6, 6.07) is 9.79. The third kappa shape index (κ3) is 3.06. The quantitative estimate of drug-likeness (QED) is 0.505. The zero-order chi connectivity index (χ0) is 18.3. The van der Waals surface area contributed by atoms with Crippen molar-refractivity contribution in [2.75, 3.05) is 0 Å². The number of aromatic nitrogens is 5. The van der Waals surface area contributed by atoms with Crippen molar-refractivity contribution in [3.8, 4) is 11.4 Å². The zero-order valence-electron chi connectivity index (χ0n) is 14.6. The number of hydrogen-bond acceptors (Lipinski definition) is 6. The first-order chi connectivity index (χ1) is 12.5. The maximum absolute atomic E-state index is 12.3. The van der Waals surface area contributed by atoms with Gasteiger partial charge in [0.15, 0.2) is 15.9 Å². The lowest BCUT2D eigenvalue weighted by Gasteiger charge is -2.05. The third-order valence-corrected chi connectivity index (χ3v) is 6.09. The highest BCUT2D eigenvalue weighted by molar-refractivity contribution is 7.98. The standard InChI is InChI=1S/C18H17N5OS2/c1-11-5-4-6-13(7-11)16-20-21-18(22(16)3)26-10-14-8-15(24)23-12(2)9-25-17(23)19-14/h4-9H,10H2,1-3H3. The van der Waals surface area contributed by atoms with Crippen LogP contribution in [0.15, 0.2) is 45.7 Å². The summed E-state index contributed by atoms with van der Waals surface area (Å²) in [5.41, 5.74) is 3.85. The predicted octanol–water partition coefficient (Wildman–Crippen LogP) is 3.46. The summed E-state index contributed by atoms with van der Waals surface area (Å²) >= 11 is 3.01. The molecule has 0 aliphatic rings. The molecule has 132 valence electrons. The molecule has 0 amide bonds. The second-order valence-electron chi connectivity index (χ2n) is 6.10. The van der Waals surface area contributed by atoms with Gasteiger partial charge in [-0.05, 0) is 19.9 Å². The first-order valence-electron chi connectivity index (χ1n) is 8.09. The Morgan fingerprint density at radius 1 is 1.19 bits per heavy atom. The highest BCUT2D eigenvalue weighted by Gasteiger charge is 2.13. The van der Waals surface area contributed by atoms with Crippen molar-refractivity contribution in [2.45, 2.75) is 24.8 Å². The van der Waals surface area contributed by atoms with Gasteiger partial charge in [0, 0.05) is 35.5 Å². The number of fused-ring (bicyclic) bond motifs is 1. The molecule has 1 aromatic carbocycles. The fraction of sp³-hybridized carbons (Fsp3) is 0.222. The Bertz CT molecular complexity index is 1160. The van der Waals surface area contributed by atoms with Gasteiger partial charge in [-0.1, -0.05) is 35.5 Å². The highest BCUT2D eigenvalue weighted by Crippen LogP contribution is 2.25. The van der Waals surface area contributed by atoms with Crippen LogP contribution in [0.5, 0.6) is 0 Å². The van der Waals surface area contributed by atoms with Crippen molar-refractivity contribution < 1.29 is 0 Å². The highest BCUT2D eigenvalue weighted by atomic mass is 32.2. The van der Waals surface area contributed by atoms with Gasteiger partial charge in [0.1, 0.15) is 0 Å². The normalized spacial score (nSPS) is 11.3. The number of thiazole rings is 1. The fourth-order valence-corrected chi connectivity index (χ4v) is 4.48. The molecule has 0 saturated heterocycles. The van der Waals surface area contributed by atoms with Crippen molar-refractivity contribution in [1.29, 1.82) is 0 Å². The molecule has 0 spiro atoms. The molecular weight excluding hydrogens is 366 g/mol.